The van der Waals surface area contributed by atoms with E-state index in [1.165, 1.54) is 0 Å². The van der Waals surface area contributed by atoms with Gasteiger partial charge in [0.25, 0.3) is 5.91 Å². The number of ether oxygens (including phenoxy) is 2. The Hall–Kier alpha value is -2.08. The summed E-state index contributed by atoms with van der Waals surface area (Å²) in [6, 6.07) is 9.40. The van der Waals surface area contributed by atoms with Crippen molar-refractivity contribution in [3.8, 4) is 5.75 Å². The topological polar surface area (TPSA) is 59.1 Å². The summed E-state index contributed by atoms with van der Waals surface area (Å²) in [4.78, 5) is 28.1. The van der Waals surface area contributed by atoms with Gasteiger partial charge in [-0.1, -0.05) is 18.2 Å². The molecule has 0 N–H and O–H groups in total. The van der Waals surface area contributed by atoms with Gasteiger partial charge in [-0.15, -0.1) is 0 Å². The minimum absolute atomic E-state index is 0.0217. The van der Waals surface area contributed by atoms with E-state index in [2.05, 4.69) is 0 Å². The number of piperidine rings is 1. The minimum Gasteiger partial charge on any atom is -0.484 e. The summed E-state index contributed by atoms with van der Waals surface area (Å²) < 4.78 is 11.0. The average molecular weight is 360 g/mol. The van der Waals surface area contributed by atoms with Crippen LogP contribution in [0.4, 0.5) is 0 Å². The zero-order chi connectivity index (χ0) is 18.6. The third kappa shape index (κ3) is 4.01. The molecular formula is C20H28N2O4. The number of rotatable bonds is 5. The zero-order valence-corrected chi connectivity index (χ0v) is 15.6. The summed E-state index contributed by atoms with van der Waals surface area (Å²) in [6.45, 7) is 5.31. The lowest BCUT2D eigenvalue weighted by Crippen LogP contribution is -2.48. The molecule has 2 saturated heterocycles. The van der Waals surface area contributed by atoms with Crippen LogP contribution >= 0.6 is 0 Å². The van der Waals surface area contributed by atoms with E-state index < -0.39 is 0 Å². The molecule has 1 spiro atoms. The van der Waals surface area contributed by atoms with Crippen LogP contribution in [0.25, 0.3) is 0 Å². The fourth-order valence-electron chi connectivity index (χ4n) is 4.22. The van der Waals surface area contributed by atoms with E-state index in [9.17, 15) is 9.59 Å². The highest BCUT2D eigenvalue weighted by atomic mass is 16.5. The number of carbonyl (C=O) groups excluding carboxylic acids is 2. The van der Waals surface area contributed by atoms with Crippen molar-refractivity contribution in [1.29, 1.82) is 0 Å². The fraction of sp³-hybridized carbons (Fsp3) is 0.600. The van der Waals surface area contributed by atoms with E-state index in [-0.39, 0.29) is 23.8 Å². The number of hydrogen-bond donors (Lipinski definition) is 0. The van der Waals surface area contributed by atoms with Gasteiger partial charge < -0.3 is 19.3 Å². The summed E-state index contributed by atoms with van der Waals surface area (Å²) in [6.07, 6.45) is 1.81. The summed E-state index contributed by atoms with van der Waals surface area (Å²) >= 11 is 0. The van der Waals surface area contributed by atoms with Gasteiger partial charge in [0.2, 0.25) is 5.91 Å². The van der Waals surface area contributed by atoms with Crippen LogP contribution in [0.15, 0.2) is 30.3 Å². The number of para-hydroxylation sites is 1. The first-order chi connectivity index (χ1) is 12.5. The molecule has 0 radical (unpaired) electrons. The largest absolute Gasteiger partial charge is 0.484 e. The predicted molar refractivity (Wildman–Crippen MR) is 97.8 cm³/mol. The van der Waals surface area contributed by atoms with Crippen LogP contribution in [-0.2, 0) is 14.3 Å². The molecule has 2 fully saturated rings. The van der Waals surface area contributed by atoms with Crippen LogP contribution < -0.4 is 4.74 Å². The molecule has 0 aliphatic carbocycles. The van der Waals surface area contributed by atoms with Gasteiger partial charge in [0.1, 0.15) is 5.75 Å². The summed E-state index contributed by atoms with van der Waals surface area (Å²) in [7, 11) is 1.71. The Kier molecular flexibility index (Phi) is 5.81. The molecule has 142 valence electrons. The highest BCUT2D eigenvalue weighted by Crippen LogP contribution is 2.44. The SMILES string of the molecule is COCC1CN(C(C)=O)CC12CCN(C(=O)COc1ccccc1)CC2. The normalized spacial score (nSPS) is 21.8. The molecule has 2 aliphatic heterocycles. The monoisotopic (exact) mass is 360 g/mol. The molecule has 26 heavy (non-hydrogen) atoms. The molecule has 6 heteroatoms. The molecule has 1 atom stereocenters. The number of carbonyl (C=O) groups is 2. The number of amides is 2. The molecule has 1 aromatic rings. The van der Waals surface area contributed by atoms with Gasteiger partial charge in [0.15, 0.2) is 6.61 Å². The van der Waals surface area contributed by atoms with E-state index in [0.29, 0.717) is 31.4 Å². The van der Waals surface area contributed by atoms with Gasteiger partial charge in [-0.3, -0.25) is 9.59 Å². The number of hydrogen-bond acceptors (Lipinski definition) is 4. The Balaban J connectivity index is 1.55. The van der Waals surface area contributed by atoms with Crippen LogP contribution in [-0.4, -0.2) is 68.1 Å². The van der Waals surface area contributed by atoms with Crippen molar-refractivity contribution in [3.63, 3.8) is 0 Å². The molecule has 2 aliphatic rings. The minimum atomic E-state index is 0.0217. The second-order valence-corrected chi connectivity index (χ2v) is 7.40. The first kappa shape index (κ1) is 18.7. The van der Waals surface area contributed by atoms with Gasteiger partial charge in [-0.05, 0) is 30.4 Å². The Morgan fingerprint density at radius 3 is 2.46 bits per heavy atom. The van der Waals surface area contributed by atoms with Crippen molar-refractivity contribution in [2.24, 2.45) is 11.3 Å². The smallest absolute Gasteiger partial charge is 0.260 e. The molecule has 0 bridgehead atoms. The Morgan fingerprint density at radius 2 is 1.85 bits per heavy atom. The Bertz CT molecular complexity index is 626. The molecule has 1 aromatic carbocycles. The van der Waals surface area contributed by atoms with Crippen LogP contribution in [0.1, 0.15) is 19.8 Å². The lowest BCUT2D eigenvalue weighted by molar-refractivity contribution is -0.136. The van der Waals surface area contributed by atoms with E-state index in [1.807, 2.05) is 40.1 Å². The molecule has 0 saturated carbocycles. The zero-order valence-electron chi connectivity index (χ0n) is 15.6. The molecule has 2 amide bonds. The lowest BCUT2D eigenvalue weighted by atomic mass is 9.71. The molecule has 3 rings (SSSR count). The van der Waals surface area contributed by atoms with Crippen molar-refractivity contribution < 1.29 is 19.1 Å². The average Bonchev–Trinajstić information content (AvgIpc) is 3.00. The van der Waals surface area contributed by atoms with Crippen LogP contribution in [0, 0.1) is 11.3 Å². The second-order valence-electron chi connectivity index (χ2n) is 7.40. The maximum atomic E-state index is 12.5. The fourth-order valence-corrected chi connectivity index (χ4v) is 4.22. The third-order valence-corrected chi connectivity index (χ3v) is 5.84. The van der Waals surface area contributed by atoms with Gasteiger partial charge in [0.05, 0.1) is 6.61 Å². The number of nitrogens with zero attached hydrogens (tertiary/aromatic N) is 2. The number of methoxy groups -OCH3 is 1. The van der Waals surface area contributed by atoms with Crippen molar-refractivity contribution in [2.45, 2.75) is 19.8 Å². The summed E-state index contributed by atoms with van der Waals surface area (Å²) in [5.41, 5.74) is 0.0682. The van der Waals surface area contributed by atoms with Crippen molar-refractivity contribution in [3.05, 3.63) is 30.3 Å². The summed E-state index contributed by atoms with van der Waals surface area (Å²) in [5.74, 6) is 1.20. The third-order valence-electron chi connectivity index (χ3n) is 5.84. The van der Waals surface area contributed by atoms with E-state index in [0.717, 1.165) is 25.9 Å². The highest BCUT2D eigenvalue weighted by Gasteiger charge is 2.49. The summed E-state index contributed by atoms with van der Waals surface area (Å²) in [5, 5.41) is 0. The van der Waals surface area contributed by atoms with Gasteiger partial charge in [-0.2, -0.15) is 0 Å². The Morgan fingerprint density at radius 1 is 1.15 bits per heavy atom. The molecule has 2 heterocycles. The molecular weight excluding hydrogens is 332 g/mol. The second kappa shape index (κ2) is 8.08. The Labute approximate surface area is 155 Å². The van der Waals surface area contributed by atoms with Crippen molar-refractivity contribution in [2.75, 3.05) is 46.5 Å². The number of likely N-dealkylation sites (tertiary alicyclic amines) is 2. The quantitative estimate of drug-likeness (QED) is 0.803. The maximum absolute atomic E-state index is 12.5. The molecule has 1 unspecified atom stereocenters. The predicted octanol–water partition coefficient (Wildman–Crippen LogP) is 1.80. The maximum Gasteiger partial charge on any atom is 0.260 e. The van der Waals surface area contributed by atoms with Crippen LogP contribution in [0.5, 0.6) is 5.75 Å². The van der Waals surface area contributed by atoms with E-state index in [1.54, 1.807) is 14.0 Å². The van der Waals surface area contributed by atoms with Crippen molar-refractivity contribution in [1.82, 2.24) is 9.80 Å². The van der Waals surface area contributed by atoms with E-state index in [4.69, 9.17) is 9.47 Å². The van der Waals surface area contributed by atoms with Gasteiger partial charge in [0, 0.05) is 46.1 Å². The van der Waals surface area contributed by atoms with E-state index >= 15 is 0 Å². The van der Waals surface area contributed by atoms with Gasteiger partial charge >= 0.3 is 0 Å². The van der Waals surface area contributed by atoms with Gasteiger partial charge in [-0.25, -0.2) is 0 Å². The molecule has 0 aromatic heterocycles. The first-order valence-electron chi connectivity index (χ1n) is 9.24. The standard InChI is InChI=1S/C20H28N2O4/c1-16(23)22-12-17(13-25-2)20(15-22)8-10-21(11-9-20)19(24)14-26-18-6-4-3-5-7-18/h3-7,17H,8-15H2,1-2H3. The van der Waals surface area contributed by atoms with Crippen molar-refractivity contribution >= 4 is 11.8 Å². The van der Waals surface area contributed by atoms with Crippen LogP contribution in [0.2, 0.25) is 0 Å². The first-order valence-corrected chi connectivity index (χ1v) is 9.24. The lowest BCUT2D eigenvalue weighted by Gasteiger charge is -2.42. The number of benzene rings is 1. The highest BCUT2D eigenvalue weighted by molar-refractivity contribution is 5.78. The van der Waals surface area contributed by atoms with Crippen LogP contribution in [0.3, 0.4) is 0 Å². The molecule has 6 nitrogen and oxygen atoms in total.